The van der Waals surface area contributed by atoms with Gasteiger partial charge in [-0.1, -0.05) is 11.8 Å². The zero-order valence-corrected chi connectivity index (χ0v) is 10.0. The molecule has 0 amide bonds. The summed E-state index contributed by atoms with van der Waals surface area (Å²) in [4.78, 5) is 15.1. The van der Waals surface area contributed by atoms with E-state index in [-0.39, 0.29) is 10.1 Å². The van der Waals surface area contributed by atoms with Gasteiger partial charge in [0.05, 0.1) is 4.75 Å². The summed E-state index contributed by atoms with van der Waals surface area (Å²) in [6.45, 7) is 3.87. The van der Waals surface area contributed by atoms with Crippen molar-refractivity contribution in [1.29, 1.82) is 0 Å². The second-order valence-electron chi connectivity index (χ2n) is 4.42. The van der Waals surface area contributed by atoms with Gasteiger partial charge in [-0.05, 0) is 26.0 Å². The van der Waals surface area contributed by atoms with Crippen LogP contribution in [0.25, 0.3) is 0 Å². The molecular weight excluding hydrogens is 224 g/mol. The highest BCUT2D eigenvalue weighted by Crippen LogP contribution is 2.40. The van der Waals surface area contributed by atoms with Gasteiger partial charge in [0.15, 0.2) is 5.37 Å². The Morgan fingerprint density at radius 2 is 2.38 bits per heavy atom. The Morgan fingerprint density at radius 1 is 1.62 bits per heavy atom. The molecule has 2 heterocycles. The van der Waals surface area contributed by atoms with E-state index in [9.17, 15) is 9.90 Å². The van der Waals surface area contributed by atoms with Gasteiger partial charge in [-0.3, -0.25) is 4.98 Å². The van der Waals surface area contributed by atoms with Crippen LogP contribution in [0.15, 0.2) is 24.5 Å². The number of pyridine rings is 1. The van der Waals surface area contributed by atoms with Gasteiger partial charge in [0.25, 0.3) is 0 Å². The van der Waals surface area contributed by atoms with Crippen LogP contribution >= 0.6 is 11.8 Å². The molecule has 1 fully saturated rings. The van der Waals surface area contributed by atoms with Crippen LogP contribution in [-0.4, -0.2) is 21.7 Å². The first-order valence-corrected chi connectivity index (χ1v) is 6.02. The van der Waals surface area contributed by atoms with E-state index in [1.165, 1.54) is 0 Å². The molecule has 0 aromatic carbocycles. The van der Waals surface area contributed by atoms with Crippen molar-refractivity contribution in [3.05, 3.63) is 30.1 Å². The van der Waals surface area contributed by atoms with E-state index in [1.807, 2.05) is 31.3 Å². The lowest BCUT2D eigenvalue weighted by atomic mass is 10.0. The lowest BCUT2D eigenvalue weighted by molar-refractivity contribution is -0.695. The lowest BCUT2D eigenvalue weighted by Gasteiger charge is -2.21. The van der Waals surface area contributed by atoms with Gasteiger partial charge in [-0.15, -0.1) is 0 Å². The summed E-state index contributed by atoms with van der Waals surface area (Å²) in [6, 6.07) is 3.32. The molecule has 5 heteroatoms. The molecule has 2 rings (SSSR count). The summed E-state index contributed by atoms with van der Waals surface area (Å²) >= 11 is 1.64. The van der Waals surface area contributed by atoms with Gasteiger partial charge in [-0.25, -0.2) is 0 Å². The molecule has 1 saturated heterocycles. The minimum atomic E-state index is -0.996. The van der Waals surface area contributed by atoms with E-state index in [0.29, 0.717) is 0 Å². The Labute approximate surface area is 98.5 Å². The smallest absolute Gasteiger partial charge is 0.161 e. The molecule has 1 aromatic heterocycles. The van der Waals surface area contributed by atoms with Gasteiger partial charge in [0, 0.05) is 18.0 Å². The van der Waals surface area contributed by atoms with Crippen LogP contribution in [0.1, 0.15) is 24.8 Å². The van der Waals surface area contributed by atoms with Crippen LogP contribution in [0.3, 0.4) is 0 Å². The molecular formula is C11H14N2O2S. The Morgan fingerprint density at radius 3 is 2.88 bits per heavy atom. The van der Waals surface area contributed by atoms with Gasteiger partial charge < -0.3 is 15.2 Å². The van der Waals surface area contributed by atoms with Crippen molar-refractivity contribution < 1.29 is 15.2 Å². The largest absolute Gasteiger partial charge is 0.544 e. The quantitative estimate of drug-likeness (QED) is 0.739. The highest BCUT2D eigenvalue weighted by atomic mass is 32.2. The van der Waals surface area contributed by atoms with Crippen LogP contribution in [0, 0.1) is 0 Å². The molecule has 0 spiro atoms. The highest BCUT2D eigenvalue weighted by molar-refractivity contribution is 8.00. The third-order valence-electron chi connectivity index (χ3n) is 2.81. The third kappa shape index (κ3) is 2.05. The van der Waals surface area contributed by atoms with Gasteiger partial charge in [0.2, 0.25) is 0 Å². The third-order valence-corrected chi connectivity index (χ3v) is 4.36. The van der Waals surface area contributed by atoms with E-state index in [2.05, 4.69) is 4.98 Å². The van der Waals surface area contributed by atoms with Gasteiger partial charge in [0.1, 0.15) is 12.0 Å². The van der Waals surface area contributed by atoms with Crippen molar-refractivity contribution in [1.82, 2.24) is 4.98 Å². The van der Waals surface area contributed by atoms with Crippen molar-refractivity contribution in [2.45, 2.75) is 30.0 Å². The molecule has 0 bridgehead atoms. The van der Waals surface area contributed by atoms with Crippen LogP contribution in [0.4, 0.5) is 0 Å². The van der Waals surface area contributed by atoms with E-state index in [4.69, 9.17) is 0 Å². The monoisotopic (exact) mass is 238 g/mol. The Hall–Kier alpha value is -1.07. The lowest BCUT2D eigenvalue weighted by Crippen LogP contribution is -2.92. The summed E-state index contributed by atoms with van der Waals surface area (Å²) in [5, 5.41) is 13.0. The maximum absolute atomic E-state index is 11.0. The fraction of sp³-hybridized carbons (Fsp3) is 0.455. The number of aliphatic carboxylic acids is 1. The summed E-state index contributed by atoms with van der Waals surface area (Å²) < 4.78 is -0.320. The van der Waals surface area contributed by atoms with Crippen molar-refractivity contribution in [2.75, 3.05) is 0 Å². The highest BCUT2D eigenvalue weighted by Gasteiger charge is 2.46. The molecule has 1 aliphatic rings. The van der Waals surface area contributed by atoms with E-state index >= 15 is 0 Å². The number of hydrogen-bond donors (Lipinski definition) is 1. The van der Waals surface area contributed by atoms with Crippen LogP contribution in [-0.2, 0) is 4.79 Å². The van der Waals surface area contributed by atoms with Crippen LogP contribution in [0.2, 0.25) is 0 Å². The summed E-state index contributed by atoms with van der Waals surface area (Å²) in [6.07, 6.45) is 3.49. The van der Waals surface area contributed by atoms with Gasteiger partial charge >= 0.3 is 0 Å². The fourth-order valence-corrected chi connectivity index (χ4v) is 3.42. The average Bonchev–Trinajstić information content (AvgIpc) is 2.56. The second-order valence-corrected chi connectivity index (χ2v) is 6.21. The molecule has 0 radical (unpaired) electrons. The predicted molar refractivity (Wildman–Crippen MR) is 59.4 cm³/mol. The van der Waals surface area contributed by atoms with Crippen molar-refractivity contribution in [2.24, 2.45) is 0 Å². The molecule has 16 heavy (non-hydrogen) atoms. The first-order valence-electron chi connectivity index (χ1n) is 5.14. The summed E-state index contributed by atoms with van der Waals surface area (Å²) in [7, 11) is 0. The van der Waals surface area contributed by atoms with E-state index < -0.39 is 12.0 Å². The molecule has 2 atom stereocenters. The maximum Gasteiger partial charge on any atom is 0.161 e. The number of nitrogens with zero attached hydrogens (tertiary/aromatic N) is 1. The first kappa shape index (κ1) is 11.4. The van der Waals surface area contributed by atoms with Crippen molar-refractivity contribution >= 4 is 17.7 Å². The number of carboxylic acid groups (broad SMARTS) is 1. The predicted octanol–water partition coefficient (Wildman–Crippen LogP) is -0.712. The zero-order valence-electron chi connectivity index (χ0n) is 9.21. The molecule has 0 unspecified atom stereocenters. The number of nitrogens with two attached hydrogens (primary N) is 1. The van der Waals surface area contributed by atoms with E-state index in [0.717, 1.165) is 5.56 Å². The van der Waals surface area contributed by atoms with Gasteiger partial charge in [-0.2, -0.15) is 0 Å². The standard InChI is InChI=1S/C11H14N2O2S/c1-11(2)8(10(14)15)13-9(16-11)7-4-3-5-12-6-7/h3-6,8-9,13H,1-2H3,(H,14,15)/t8-,9-/m0/s1. The summed E-state index contributed by atoms with van der Waals surface area (Å²) in [5.41, 5.74) is 1.05. The summed E-state index contributed by atoms with van der Waals surface area (Å²) in [5.74, 6) is -0.996. The molecule has 1 aromatic rings. The number of quaternary nitrogens is 1. The molecule has 2 N–H and O–H groups in total. The minimum absolute atomic E-state index is 0.0894. The first-order chi connectivity index (χ1) is 7.50. The number of aromatic nitrogens is 1. The van der Waals surface area contributed by atoms with Crippen molar-refractivity contribution in [3.63, 3.8) is 0 Å². The Balaban J connectivity index is 2.21. The number of carboxylic acids is 1. The molecule has 0 aliphatic carbocycles. The van der Waals surface area contributed by atoms with Crippen LogP contribution in [0.5, 0.6) is 0 Å². The fourth-order valence-electron chi connectivity index (χ4n) is 1.93. The number of thioether (sulfide) groups is 1. The minimum Gasteiger partial charge on any atom is -0.544 e. The average molecular weight is 238 g/mol. The molecule has 0 saturated carbocycles. The number of hydrogen-bond acceptors (Lipinski definition) is 4. The number of rotatable bonds is 2. The SMILES string of the molecule is CC1(C)S[C@@H](c2cccnc2)[NH2+][C@H]1C(=O)[O-]. The Bertz CT molecular complexity index is 394. The topological polar surface area (TPSA) is 69.6 Å². The second kappa shape index (κ2) is 4.07. The molecule has 1 aliphatic heterocycles. The van der Waals surface area contributed by atoms with Crippen molar-refractivity contribution in [3.8, 4) is 0 Å². The molecule has 4 nitrogen and oxygen atoms in total. The number of carbonyl (C=O) groups is 1. The van der Waals surface area contributed by atoms with Crippen LogP contribution < -0.4 is 10.4 Å². The Kier molecular flexibility index (Phi) is 2.90. The maximum atomic E-state index is 11.0. The normalized spacial score (nSPS) is 27.9. The molecule has 86 valence electrons. The number of carbonyl (C=O) groups excluding carboxylic acids is 1. The van der Waals surface area contributed by atoms with E-state index in [1.54, 1.807) is 24.2 Å². The zero-order chi connectivity index (χ0) is 11.8.